The lowest BCUT2D eigenvalue weighted by Crippen LogP contribution is -2.21. The second kappa shape index (κ2) is 4.37. The highest BCUT2D eigenvalue weighted by Gasteiger charge is 2.21. The lowest BCUT2D eigenvalue weighted by molar-refractivity contribution is -0.129. The normalized spacial score (nSPS) is 13.8. The summed E-state index contributed by atoms with van der Waals surface area (Å²) in [5.74, 6) is 0.147. The number of rotatable bonds is 2. The Bertz CT molecular complexity index is 456. The molecule has 84 valence electrons. The third kappa shape index (κ3) is 2.02. The molecule has 0 N–H and O–H groups in total. The molecule has 0 aromatic heterocycles. The number of carbonyl (C=O) groups excluding carboxylic acids is 2. The first-order chi connectivity index (χ1) is 7.61. The molecule has 16 heavy (non-hydrogen) atoms. The standard InChI is InChI=1S/C12H12BrNO2/c1-8(15)14-6-10-3-2-9(12(16)5-13)4-11(10)7-14/h2-4H,5-7H2,1H3. The van der Waals surface area contributed by atoms with Crippen molar-refractivity contribution in [2.24, 2.45) is 0 Å². The van der Waals surface area contributed by atoms with E-state index < -0.39 is 0 Å². The van der Waals surface area contributed by atoms with Gasteiger partial charge in [0.25, 0.3) is 0 Å². The predicted molar refractivity (Wildman–Crippen MR) is 64.5 cm³/mol. The van der Waals surface area contributed by atoms with Gasteiger partial charge in [-0.1, -0.05) is 28.1 Å². The van der Waals surface area contributed by atoms with Crippen LogP contribution < -0.4 is 0 Å². The van der Waals surface area contributed by atoms with Crippen molar-refractivity contribution in [3.05, 3.63) is 34.9 Å². The molecule has 1 heterocycles. The van der Waals surface area contributed by atoms with Gasteiger partial charge in [-0.05, 0) is 17.2 Å². The fourth-order valence-corrected chi connectivity index (χ4v) is 2.19. The van der Waals surface area contributed by atoms with E-state index in [0.717, 1.165) is 11.1 Å². The van der Waals surface area contributed by atoms with Gasteiger partial charge in [0, 0.05) is 25.6 Å². The van der Waals surface area contributed by atoms with Crippen molar-refractivity contribution < 1.29 is 9.59 Å². The van der Waals surface area contributed by atoms with Crippen LogP contribution in [0.15, 0.2) is 18.2 Å². The minimum Gasteiger partial charge on any atom is -0.334 e. The smallest absolute Gasteiger partial charge is 0.220 e. The molecule has 1 aliphatic rings. The van der Waals surface area contributed by atoms with Crippen LogP contribution in [0, 0.1) is 0 Å². The number of hydrogen-bond acceptors (Lipinski definition) is 2. The molecule has 0 radical (unpaired) electrons. The van der Waals surface area contributed by atoms with Crippen LogP contribution in [0.25, 0.3) is 0 Å². The van der Waals surface area contributed by atoms with E-state index in [1.54, 1.807) is 11.8 Å². The minimum atomic E-state index is 0.0732. The fraction of sp³-hybridized carbons (Fsp3) is 0.333. The topological polar surface area (TPSA) is 37.4 Å². The Labute approximate surface area is 103 Å². The minimum absolute atomic E-state index is 0.0732. The van der Waals surface area contributed by atoms with E-state index in [2.05, 4.69) is 15.9 Å². The SMILES string of the molecule is CC(=O)N1Cc2ccc(C(=O)CBr)cc2C1. The van der Waals surface area contributed by atoms with E-state index in [0.29, 0.717) is 24.0 Å². The molecule has 1 aliphatic heterocycles. The number of fused-ring (bicyclic) bond motifs is 1. The first-order valence-electron chi connectivity index (χ1n) is 5.08. The molecule has 4 heteroatoms. The first-order valence-corrected chi connectivity index (χ1v) is 6.20. The summed E-state index contributed by atoms with van der Waals surface area (Å²) in [5, 5.41) is 0.336. The van der Waals surface area contributed by atoms with Gasteiger partial charge >= 0.3 is 0 Å². The number of nitrogens with zero attached hydrogens (tertiary/aromatic N) is 1. The Morgan fingerprint density at radius 3 is 2.62 bits per heavy atom. The number of alkyl halides is 1. The molecule has 0 saturated carbocycles. The number of carbonyl (C=O) groups is 2. The van der Waals surface area contributed by atoms with Crippen molar-refractivity contribution in [1.29, 1.82) is 0 Å². The van der Waals surface area contributed by atoms with E-state index in [9.17, 15) is 9.59 Å². The van der Waals surface area contributed by atoms with Gasteiger partial charge in [0.15, 0.2) is 5.78 Å². The maximum Gasteiger partial charge on any atom is 0.220 e. The molecule has 1 amide bonds. The molecule has 2 rings (SSSR count). The predicted octanol–water partition coefficient (Wildman–Crippen LogP) is 2.13. The van der Waals surface area contributed by atoms with Crippen molar-refractivity contribution in [1.82, 2.24) is 4.90 Å². The van der Waals surface area contributed by atoms with E-state index in [-0.39, 0.29) is 11.7 Å². The summed E-state index contributed by atoms with van der Waals surface area (Å²) < 4.78 is 0. The molecule has 0 fully saturated rings. The second-order valence-electron chi connectivity index (χ2n) is 3.92. The maximum absolute atomic E-state index is 11.5. The van der Waals surface area contributed by atoms with Crippen LogP contribution in [-0.4, -0.2) is 21.9 Å². The molecule has 0 bridgehead atoms. The molecule has 1 aromatic rings. The maximum atomic E-state index is 11.5. The van der Waals surface area contributed by atoms with Crippen molar-refractivity contribution in [2.45, 2.75) is 20.0 Å². The monoisotopic (exact) mass is 281 g/mol. The largest absolute Gasteiger partial charge is 0.334 e. The molecule has 0 unspecified atom stereocenters. The average Bonchev–Trinajstić information content (AvgIpc) is 2.70. The van der Waals surface area contributed by atoms with Crippen molar-refractivity contribution in [3.63, 3.8) is 0 Å². The van der Waals surface area contributed by atoms with E-state index in [1.165, 1.54) is 0 Å². The van der Waals surface area contributed by atoms with Crippen molar-refractivity contribution >= 4 is 27.6 Å². The summed E-state index contributed by atoms with van der Waals surface area (Å²) >= 11 is 3.15. The van der Waals surface area contributed by atoms with Crippen LogP contribution in [0.1, 0.15) is 28.4 Å². The van der Waals surface area contributed by atoms with Crippen LogP contribution in [0.2, 0.25) is 0 Å². The average molecular weight is 282 g/mol. The molecule has 0 atom stereocenters. The van der Waals surface area contributed by atoms with Crippen LogP contribution in [0.3, 0.4) is 0 Å². The zero-order chi connectivity index (χ0) is 11.7. The Hall–Kier alpha value is -1.16. The molecule has 0 spiro atoms. The lowest BCUT2D eigenvalue weighted by atomic mass is 10.0. The van der Waals surface area contributed by atoms with Gasteiger partial charge < -0.3 is 4.90 Å². The van der Waals surface area contributed by atoms with Crippen LogP contribution >= 0.6 is 15.9 Å². The summed E-state index contributed by atoms with van der Waals surface area (Å²) in [6, 6.07) is 5.65. The zero-order valence-corrected chi connectivity index (χ0v) is 10.6. The molecule has 0 aliphatic carbocycles. The Kier molecular flexibility index (Phi) is 3.10. The molecular weight excluding hydrogens is 270 g/mol. The van der Waals surface area contributed by atoms with Gasteiger partial charge in [-0.2, -0.15) is 0 Å². The van der Waals surface area contributed by atoms with Gasteiger partial charge in [0.1, 0.15) is 0 Å². The Balaban J connectivity index is 2.27. The van der Waals surface area contributed by atoms with Gasteiger partial charge in [-0.15, -0.1) is 0 Å². The van der Waals surface area contributed by atoms with E-state index >= 15 is 0 Å². The quantitative estimate of drug-likeness (QED) is 0.615. The highest BCUT2D eigenvalue weighted by atomic mass is 79.9. The summed E-state index contributed by atoms with van der Waals surface area (Å²) in [7, 11) is 0. The number of amides is 1. The highest BCUT2D eigenvalue weighted by molar-refractivity contribution is 9.09. The van der Waals surface area contributed by atoms with Crippen molar-refractivity contribution in [3.8, 4) is 0 Å². The van der Waals surface area contributed by atoms with Gasteiger partial charge in [0.2, 0.25) is 5.91 Å². The number of ketones is 1. The number of halogens is 1. The highest BCUT2D eigenvalue weighted by Crippen LogP contribution is 2.24. The summed E-state index contributed by atoms with van der Waals surface area (Å²) in [6.45, 7) is 2.85. The third-order valence-corrected chi connectivity index (χ3v) is 3.33. The number of hydrogen-bond donors (Lipinski definition) is 0. The van der Waals surface area contributed by atoms with Gasteiger partial charge in [-0.3, -0.25) is 9.59 Å². The Morgan fingerprint density at radius 1 is 1.31 bits per heavy atom. The molecule has 1 aromatic carbocycles. The summed E-state index contributed by atoms with van der Waals surface area (Å²) in [4.78, 5) is 24.5. The van der Waals surface area contributed by atoms with Crippen LogP contribution in [-0.2, 0) is 17.9 Å². The summed E-state index contributed by atoms with van der Waals surface area (Å²) in [5.41, 5.74) is 2.93. The molecular formula is C12H12BrNO2. The molecule has 3 nitrogen and oxygen atoms in total. The van der Waals surface area contributed by atoms with Crippen LogP contribution in [0.5, 0.6) is 0 Å². The molecule has 0 saturated heterocycles. The van der Waals surface area contributed by atoms with Gasteiger partial charge in [-0.25, -0.2) is 0 Å². The van der Waals surface area contributed by atoms with E-state index in [4.69, 9.17) is 0 Å². The van der Waals surface area contributed by atoms with Gasteiger partial charge in [0.05, 0.1) is 5.33 Å². The second-order valence-corrected chi connectivity index (χ2v) is 4.48. The summed E-state index contributed by atoms with van der Waals surface area (Å²) in [6.07, 6.45) is 0. The third-order valence-electron chi connectivity index (χ3n) is 2.82. The zero-order valence-electron chi connectivity index (χ0n) is 9.00. The lowest BCUT2D eigenvalue weighted by Gasteiger charge is -2.10. The van der Waals surface area contributed by atoms with E-state index in [1.807, 2.05) is 18.2 Å². The van der Waals surface area contributed by atoms with Crippen molar-refractivity contribution in [2.75, 3.05) is 5.33 Å². The number of benzene rings is 1. The number of Topliss-reactive ketones (excluding diaryl/α,β-unsaturated/α-hetero) is 1. The fourth-order valence-electron chi connectivity index (χ4n) is 1.87. The Morgan fingerprint density at radius 2 is 2.00 bits per heavy atom. The van der Waals surface area contributed by atoms with Crippen LogP contribution in [0.4, 0.5) is 0 Å². The first kappa shape index (κ1) is 11.3.